The molecule has 10 heteroatoms. The molecule has 2 aromatic carbocycles. The van der Waals surface area contributed by atoms with Crippen LogP contribution in [0, 0.1) is 5.82 Å². The summed E-state index contributed by atoms with van der Waals surface area (Å²) in [6, 6.07) is 18.3. The number of carbonyl (C=O) groups excluding carboxylic acids is 1. The molecule has 0 radical (unpaired) electrons. The Labute approximate surface area is 202 Å². The largest absolute Gasteiger partial charge is 0.464 e. The van der Waals surface area contributed by atoms with Crippen molar-refractivity contribution in [1.29, 1.82) is 0 Å². The number of rotatable bonds is 4. The number of aromatic nitrogens is 4. The summed E-state index contributed by atoms with van der Waals surface area (Å²) in [6.07, 6.45) is 1.49. The van der Waals surface area contributed by atoms with Crippen LogP contribution in [-0.4, -0.2) is 36.7 Å². The van der Waals surface area contributed by atoms with Crippen LogP contribution in [0.25, 0.3) is 28.2 Å². The van der Waals surface area contributed by atoms with E-state index in [1.165, 1.54) is 48.7 Å². The topological polar surface area (TPSA) is 101 Å². The van der Waals surface area contributed by atoms with E-state index in [-0.39, 0.29) is 17.2 Å². The molecular formula is C25H15ClFN5O3. The van der Waals surface area contributed by atoms with E-state index in [1.54, 1.807) is 41.0 Å². The molecule has 0 saturated heterocycles. The lowest BCUT2D eigenvalue weighted by Gasteiger charge is -2.17. The van der Waals surface area contributed by atoms with E-state index < -0.39 is 12.0 Å². The predicted octanol–water partition coefficient (Wildman–Crippen LogP) is 5.58. The van der Waals surface area contributed by atoms with E-state index in [9.17, 15) is 19.1 Å². The first-order valence-electron chi connectivity index (χ1n) is 10.3. The number of hydrogen-bond donors (Lipinski definition) is 1. The van der Waals surface area contributed by atoms with Crippen molar-refractivity contribution in [1.82, 2.24) is 19.6 Å². The van der Waals surface area contributed by atoms with Crippen LogP contribution >= 0.6 is 11.6 Å². The molecule has 0 saturated carbocycles. The van der Waals surface area contributed by atoms with Crippen LogP contribution in [0.3, 0.4) is 0 Å². The van der Waals surface area contributed by atoms with Crippen molar-refractivity contribution in [2.24, 2.45) is 0 Å². The second kappa shape index (κ2) is 8.96. The summed E-state index contributed by atoms with van der Waals surface area (Å²) < 4.78 is 15.1. The average molecular weight is 488 g/mol. The van der Waals surface area contributed by atoms with Crippen molar-refractivity contribution in [2.45, 2.75) is 0 Å². The molecule has 0 unspecified atom stereocenters. The first kappa shape index (κ1) is 22.2. The summed E-state index contributed by atoms with van der Waals surface area (Å²) in [7, 11) is 0. The number of imidazole rings is 1. The Balaban J connectivity index is 1.65. The molecule has 3 aromatic heterocycles. The van der Waals surface area contributed by atoms with Crippen molar-refractivity contribution in [3.05, 3.63) is 102 Å². The summed E-state index contributed by atoms with van der Waals surface area (Å²) in [5, 5.41) is 14.6. The number of carbonyl (C=O) groups is 2. The third-order valence-electron chi connectivity index (χ3n) is 5.24. The van der Waals surface area contributed by atoms with Crippen LogP contribution in [0.2, 0.25) is 5.02 Å². The molecular weight excluding hydrogens is 473 g/mol. The normalized spacial score (nSPS) is 10.9. The van der Waals surface area contributed by atoms with Crippen molar-refractivity contribution < 1.29 is 19.1 Å². The summed E-state index contributed by atoms with van der Waals surface area (Å²) >= 11 is 5.89. The van der Waals surface area contributed by atoms with Gasteiger partial charge in [-0.2, -0.15) is 10.00 Å². The number of imide groups is 1. The summed E-state index contributed by atoms with van der Waals surface area (Å²) in [4.78, 5) is 34.4. The molecule has 5 rings (SSSR count). The van der Waals surface area contributed by atoms with Crippen molar-refractivity contribution in [3.63, 3.8) is 0 Å². The summed E-state index contributed by atoms with van der Waals surface area (Å²) in [6.45, 7) is 0. The SMILES string of the molecule is O=C(O)N(C(=O)c1ccc(Cl)cc1)c1cc(-c2c(-c3ccc(F)cc3)nc3cccnn23)ccn1. The van der Waals surface area contributed by atoms with Crippen LogP contribution < -0.4 is 4.90 Å². The minimum absolute atomic E-state index is 0.106. The molecule has 0 aliphatic heterocycles. The van der Waals surface area contributed by atoms with E-state index in [2.05, 4.69) is 15.1 Å². The number of pyridine rings is 1. The van der Waals surface area contributed by atoms with Gasteiger partial charge in [-0.05, 0) is 72.8 Å². The zero-order valence-electron chi connectivity index (χ0n) is 17.8. The number of fused-ring (bicyclic) bond motifs is 1. The number of anilines is 1. The van der Waals surface area contributed by atoms with Gasteiger partial charge in [0.05, 0.1) is 5.69 Å². The molecule has 172 valence electrons. The fourth-order valence-corrected chi connectivity index (χ4v) is 3.78. The van der Waals surface area contributed by atoms with E-state index >= 15 is 0 Å². The molecule has 0 atom stereocenters. The van der Waals surface area contributed by atoms with Crippen LogP contribution in [-0.2, 0) is 0 Å². The Morgan fingerprint density at radius 2 is 1.69 bits per heavy atom. The fourth-order valence-electron chi connectivity index (χ4n) is 3.66. The van der Waals surface area contributed by atoms with Crippen LogP contribution in [0.4, 0.5) is 15.0 Å². The minimum Gasteiger partial charge on any atom is -0.464 e. The van der Waals surface area contributed by atoms with Crippen LogP contribution in [0.15, 0.2) is 85.2 Å². The molecule has 2 amide bonds. The van der Waals surface area contributed by atoms with Gasteiger partial charge in [-0.1, -0.05) is 11.6 Å². The number of nitrogens with zero attached hydrogens (tertiary/aromatic N) is 5. The maximum atomic E-state index is 13.5. The smallest absolute Gasteiger partial charge is 0.420 e. The zero-order valence-corrected chi connectivity index (χ0v) is 18.6. The molecule has 0 aliphatic carbocycles. The van der Waals surface area contributed by atoms with Gasteiger partial charge in [-0.15, -0.1) is 0 Å². The second-order valence-electron chi connectivity index (χ2n) is 7.44. The van der Waals surface area contributed by atoms with Crippen LogP contribution in [0.5, 0.6) is 0 Å². The zero-order chi connectivity index (χ0) is 24.5. The minimum atomic E-state index is -1.50. The molecule has 8 nitrogen and oxygen atoms in total. The molecule has 3 heterocycles. The lowest BCUT2D eigenvalue weighted by molar-refractivity contribution is 0.0982. The maximum Gasteiger partial charge on any atom is 0.420 e. The van der Waals surface area contributed by atoms with Gasteiger partial charge >= 0.3 is 6.09 Å². The van der Waals surface area contributed by atoms with Gasteiger partial charge < -0.3 is 5.11 Å². The molecule has 0 fully saturated rings. The monoisotopic (exact) mass is 487 g/mol. The Morgan fingerprint density at radius 3 is 2.40 bits per heavy atom. The first-order chi connectivity index (χ1) is 16.9. The van der Waals surface area contributed by atoms with Gasteiger partial charge in [0.2, 0.25) is 0 Å². The predicted molar refractivity (Wildman–Crippen MR) is 128 cm³/mol. The fraction of sp³-hybridized carbons (Fsp3) is 0. The molecule has 5 aromatic rings. The van der Waals surface area contributed by atoms with Crippen molar-refractivity contribution >= 4 is 35.1 Å². The highest BCUT2D eigenvalue weighted by Crippen LogP contribution is 2.33. The lowest BCUT2D eigenvalue weighted by Crippen LogP contribution is -2.36. The van der Waals surface area contributed by atoms with E-state index in [1.807, 2.05) is 0 Å². The van der Waals surface area contributed by atoms with Crippen molar-refractivity contribution in [2.75, 3.05) is 4.90 Å². The Hall–Kier alpha value is -4.63. The van der Waals surface area contributed by atoms with Gasteiger partial charge in [-0.25, -0.2) is 23.7 Å². The Bertz CT molecular complexity index is 1570. The quantitative estimate of drug-likeness (QED) is 0.355. The Kier molecular flexibility index (Phi) is 5.68. The number of halogens is 2. The van der Waals surface area contributed by atoms with Gasteiger partial charge in [0.25, 0.3) is 5.91 Å². The van der Waals surface area contributed by atoms with Gasteiger partial charge in [0.1, 0.15) is 17.3 Å². The van der Waals surface area contributed by atoms with Gasteiger partial charge in [-0.3, -0.25) is 4.79 Å². The highest BCUT2D eigenvalue weighted by Gasteiger charge is 2.27. The lowest BCUT2D eigenvalue weighted by atomic mass is 10.1. The van der Waals surface area contributed by atoms with E-state index in [0.717, 1.165) is 0 Å². The number of carboxylic acid groups (broad SMARTS) is 1. The highest BCUT2D eigenvalue weighted by atomic mass is 35.5. The first-order valence-corrected chi connectivity index (χ1v) is 10.7. The standard InChI is InChI=1S/C25H15ClFN5O3/c26-18-7-3-16(4-8-18)24(33)31(25(34)35)21-14-17(11-13-28-21)23-22(15-5-9-19(27)10-6-15)30-20-2-1-12-29-32(20)23/h1-14H,(H,34,35). The highest BCUT2D eigenvalue weighted by molar-refractivity contribution is 6.30. The second-order valence-corrected chi connectivity index (χ2v) is 7.88. The third kappa shape index (κ3) is 4.20. The molecule has 0 aliphatic rings. The average Bonchev–Trinajstić information content (AvgIpc) is 3.24. The van der Waals surface area contributed by atoms with E-state index in [0.29, 0.717) is 38.1 Å². The third-order valence-corrected chi connectivity index (χ3v) is 5.50. The van der Waals surface area contributed by atoms with Crippen LogP contribution in [0.1, 0.15) is 10.4 Å². The number of benzene rings is 2. The van der Waals surface area contributed by atoms with Crippen molar-refractivity contribution in [3.8, 4) is 22.5 Å². The number of hydrogen-bond acceptors (Lipinski definition) is 5. The Morgan fingerprint density at radius 1 is 0.943 bits per heavy atom. The number of amides is 2. The summed E-state index contributed by atoms with van der Waals surface area (Å²) in [5.41, 5.74) is 2.85. The van der Waals surface area contributed by atoms with Gasteiger partial charge in [0.15, 0.2) is 5.65 Å². The van der Waals surface area contributed by atoms with Gasteiger partial charge in [0, 0.05) is 34.1 Å². The summed E-state index contributed by atoms with van der Waals surface area (Å²) in [5.74, 6) is -1.28. The maximum absolute atomic E-state index is 13.5. The molecule has 35 heavy (non-hydrogen) atoms. The molecule has 1 N–H and O–H groups in total. The van der Waals surface area contributed by atoms with E-state index in [4.69, 9.17) is 11.6 Å². The molecule has 0 bridgehead atoms. The molecule has 0 spiro atoms.